The Hall–Kier alpha value is -3.03. The van der Waals surface area contributed by atoms with Crippen molar-refractivity contribution in [2.75, 3.05) is 24.7 Å². The zero-order valence-corrected chi connectivity index (χ0v) is 19.0. The number of aromatic nitrogens is 4. The highest BCUT2D eigenvalue weighted by molar-refractivity contribution is 7.88. The number of piperidine rings is 1. The summed E-state index contributed by atoms with van der Waals surface area (Å²) >= 11 is 0. The van der Waals surface area contributed by atoms with Crippen molar-refractivity contribution in [2.45, 2.75) is 31.2 Å². The van der Waals surface area contributed by atoms with E-state index in [-0.39, 0.29) is 18.9 Å². The van der Waals surface area contributed by atoms with Crippen LogP contribution >= 0.6 is 0 Å². The van der Waals surface area contributed by atoms with E-state index in [4.69, 9.17) is 0 Å². The van der Waals surface area contributed by atoms with Crippen molar-refractivity contribution >= 4 is 21.4 Å². The largest absolute Gasteiger partial charge is 0.416 e. The van der Waals surface area contributed by atoms with Crippen LogP contribution in [0.4, 0.5) is 24.5 Å². The molecule has 34 heavy (non-hydrogen) atoms. The molecule has 3 aromatic rings. The van der Waals surface area contributed by atoms with Crippen molar-refractivity contribution in [3.8, 4) is 11.4 Å². The third-order valence-corrected chi connectivity index (χ3v) is 6.79. The summed E-state index contributed by atoms with van der Waals surface area (Å²) in [5, 5.41) is 26.4. The fourth-order valence-corrected chi connectivity index (χ4v) is 4.78. The maximum absolute atomic E-state index is 12.8. The number of halogens is 3. The van der Waals surface area contributed by atoms with Gasteiger partial charge in [0.05, 0.1) is 24.0 Å². The molecule has 1 saturated heterocycles. The topological polar surface area (TPSA) is 113 Å². The molecule has 0 aliphatic carbocycles. The first-order valence-electron chi connectivity index (χ1n) is 10.4. The van der Waals surface area contributed by atoms with Crippen LogP contribution in [-0.4, -0.2) is 63.0 Å². The van der Waals surface area contributed by atoms with Gasteiger partial charge in [-0.15, -0.1) is 10.2 Å². The predicted octanol–water partition coefficient (Wildman–Crippen LogP) is 2.89. The van der Waals surface area contributed by atoms with E-state index >= 15 is 0 Å². The molecule has 1 atom stereocenters. The van der Waals surface area contributed by atoms with E-state index in [2.05, 4.69) is 20.7 Å². The third kappa shape index (κ3) is 5.54. The lowest BCUT2D eigenvalue weighted by Crippen LogP contribution is -2.52. The maximum Gasteiger partial charge on any atom is 0.416 e. The Kier molecular flexibility index (Phi) is 6.36. The van der Waals surface area contributed by atoms with Gasteiger partial charge in [-0.1, -0.05) is 12.1 Å². The number of alkyl halides is 3. The van der Waals surface area contributed by atoms with Crippen molar-refractivity contribution in [3.63, 3.8) is 0 Å². The number of tetrazole rings is 1. The summed E-state index contributed by atoms with van der Waals surface area (Å²) in [4.78, 5) is 1.22. The monoisotopic (exact) mass is 496 g/mol. The number of β-amino-alcohol motifs (C(OH)–C–C–N with tert-alkyl or cyclic N) is 1. The Labute approximate surface area is 194 Å². The maximum atomic E-state index is 12.8. The molecular formula is C21H23F3N6O3S. The van der Waals surface area contributed by atoms with Crippen LogP contribution in [0.1, 0.15) is 18.4 Å². The fourth-order valence-electron chi connectivity index (χ4n) is 3.85. The van der Waals surface area contributed by atoms with Crippen molar-refractivity contribution < 1.29 is 26.7 Å². The van der Waals surface area contributed by atoms with Crippen molar-refractivity contribution in [1.29, 1.82) is 0 Å². The summed E-state index contributed by atoms with van der Waals surface area (Å²) in [5.74, 6) is 0.245. The highest BCUT2D eigenvalue weighted by Crippen LogP contribution is 2.32. The normalized spacial score (nSPS) is 19.8. The molecule has 13 heteroatoms. The molecule has 0 amide bonds. The number of hydrogen-bond donors (Lipinski definition) is 2. The second kappa shape index (κ2) is 8.96. The Morgan fingerprint density at radius 2 is 1.85 bits per heavy atom. The van der Waals surface area contributed by atoms with Crippen molar-refractivity contribution in [1.82, 2.24) is 24.5 Å². The van der Waals surface area contributed by atoms with Crippen LogP contribution in [0.2, 0.25) is 0 Å². The van der Waals surface area contributed by atoms with E-state index in [0.717, 1.165) is 18.4 Å². The predicted molar refractivity (Wildman–Crippen MR) is 119 cm³/mol. The summed E-state index contributed by atoms with van der Waals surface area (Å²) in [6.07, 6.45) is -2.42. The molecule has 2 aromatic carbocycles. The molecule has 2 heterocycles. The fraction of sp³-hybridized carbons (Fsp3) is 0.381. The van der Waals surface area contributed by atoms with Crippen LogP contribution in [0.25, 0.3) is 11.4 Å². The quantitative estimate of drug-likeness (QED) is 0.540. The highest BCUT2D eigenvalue weighted by atomic mass is 32.2. The molecule has 0 bridgehead atoms. The number of para-hydroxylation sites is 1. The Bertz CT molecular complexity index is 1260. The second-order valence-corrected chi connectivity index (χ2v) is 10.3. The van der Waals surface area contributed by atoms with Gasteiger partial charge in [0.15, 0.2) is 0 Å². The number of anilines is 2. The molecule has 0 spiro atoms. The Morgan fingerprint density at radius 3 is 2.53 bits per heavy atom. The molecule has 0 saturated carbocycles. The van der Waals surface area contributed by atoms with E-state index in [1.807, 2.05) is 0 Å². The summed E-state index contributed by atoms with van der Waals surface area (Å²) in [6, 6.07) is 11.6. The average Bonchev–Trinajstić information content (AvgIpc) is 3.21. The number of aliphatic hydroxyl groups is 1. The first-order valence-corrected chi connectivity index (χ1v) is 12.3. The lowest BCUT2D eigenvalue weighted by molar-refractivity contribution is -0.137. The molecule has 1 aliphatic heterocycles. The number of rotatable bonds is 6. The first-order chi connectivity index (χ1) is 15.9. The molecule has 1 fully saturated rings. The third-order valence-electron chi connectivity index (χ3n) is 5.54. The van der Waals surface area contributed by atoms with Crippen LogP contribution in [-0.2, 0) is 22.7 Å². The van der Waals surface area contributed by atoms with Gasteiger partial charge in [0.1, 0.15) is 0 Å². The van der Waals surface area contributed by atoms with Gasteiger partial charge in [0, 0.05) is 30.0 Å². The van der Waals surface area contributed by atoms with E-state index < -0.39 is 27.4 Å². The van der Waals surface area contributed by atoms with Crippen molar-refractivity contribution in [2.24, 2.45) is 0 Å². The summed E-state index contributed by atoms with van der Waals surface area (Å²) in [7, 11) is -3.44. The minimum atomic E-state index is -4.42. The number of benzene rings is 2. The number of nitrogens with zero attached hydrogens (tertiary/aromatic N) is 5. The molecular weight excluding hydrogens is 473 g/mol. The molecule has 0 radical (unpaired) electrons. The summed E-state index contributed by atoms with van der Waals surface area (Å²) in [5.41, 5.74) is -0.517. The van der Waals surface area contributed by atoms with Gasteiger partial charge in [-0.25, -0.2) is 8.42 Å². The number of hydrogen-bond acceptors (Lipinski definition) is 7. The van der Waals surface area contributed by atoms with E-state index in [9.17, 15) is 26.7 Å². The molecule has 2 N–H and O–H groups in total. The van der Waals surface area contributed by atoms with Crippen LogP contribution in [0.15, 0.2) is 48.5 Å². The van der Waals surface area contributed by atoms with Gasteiger partial charge in [-0.05, 0) is 54.5 Å². The van der Waals surface area contributed by atoms with Crippen LogP contribution < -0.4 is 5.32 Å². The van der Waals surface area contributed by atoms with Gasteiger partial charge < -0.3 is 10.4 Å². The van der Waals surface area contributed by atoms with Gasteiger partial charge in [-0.2, -0.15) is 22.3 Å². The number of sulfonamides is 1. The summed E-state index contributed by atoms with van der Waals surface area (Å²) < 4.78 is 63.4. The van der Waals surface area contributed by atoms with Gasteiger partial charge in [0.25, 0.3) is 0 Å². The van der Waals surface area contributed by atoms with Gasteiger partial charge in [0.2, 0.25) is 15.8 Å². The number of nitrogens with one attached hydrogen (secondary N) is 1. The van der Waals surface area contributed by atoms with Gasteiger partial charge in [-0.3, -0.25) is 0 Å². The first kappa shape index (κ1) is 24.1. The van der Waals surface area contributed by atoms with Crippen LogP contribution in [0.5, 0.6) is 0 Å². The van der Waals surface area contributed by atoms with Crippen LogP contribution in [0.3, 0.4) is 0 Å². The SMILES string of the molecule is CS(=O)(=O)N1CCCC(O)(Cn2nnc(-c3ccccc3Nc3ccc(C(F)(F)F)cc3)n2)C1. The zero-order valence-electron chi connectivity index (χ0n) is 18.2. The molecule has 182 valence electrons. The smallest absolute Gasteiger partial charge is 0.386 e. The van der Waals surface area contributed by atoms with E-state index in [1.165, 1.54) is 21.2 Å². The van der Waals surface area contributed by atoms with Gasteiger partial charge >= 0.3 is 6.18 Å². The average molecular weight is 497 g/mol. The highest BCUT2D eigenvalue weighted by Gasteiger charge is 2.38. The lowest BCUT2D eigenvalue weighted by Gasteiger charge is -2.37. The van der Waals surface area contributed by atoms with Crippen LogP contribution in [0, 0.1) is 0 Å². The van der Waals surface area contributed by atoms with E-state index in [1.54, 1.807) is 24.3 Å². The molecule has 4 rings (SSSR count). The summed E-state index contributed by atoms with van der Waals surface area (Å²) in [6.45, 7) is 0.245. The molecule has 1 unspecified atom stereocenters. The second-order valence-electron chi connectivity index (χ2n) is 8.31. The molecule has 1 aromatic heterocycles. The lowest BCUT2D eigenvalue weighted by atomic mass is 9.94. The molecule has 1 aliphatic rings. The Balaban J connectivity index is 1.52. The zero-order chi connectivity index (χ0) is 24.6. The minimum Gasteiger partial charge on any atom is -0.386 e. The molecule has 9 nitrogen and oxygen atoms in total. The minimum absolute atomic E-state index is 0.0412. The Morgan fingerprint density at radius 1 is 1.15 bits per heavy atom. The van der Waals surface area contributed by atoms with E-state index in [0.29, 0.717) is 36.3 Å². The van der Waals surface area contributed by atoms with Crippen molar-refractivity contribution in [3.05, 3.63) is 54.1 Å². The standard InChI is InChI=1S/C21H23F3N6O3S/c1-34(32,33)29-12-4-11-20(31,13-29)14-30-27-19(26-28-30)17-5-2-3-6-18(17)25-16-9-7-15(8-10-16)21(22,23)24/h2-3,5-10,25,31H,4,11-14H2,1H3.